The first-order valence-corrected chi connectivity index (χ1v) is 18.2. The Morgan fingerprint density at radius 1 is 0.868 bits per heavy atom. The van der Waals surface area contributed by atoms with Crippen LogP contribution in [0, 0.1) is 11.3 Å². The van der Waals surface area contributed by atoms with Crippen LogP contribution in [0.25, 0.3) is 11.1 Å². The van der Waals surface area contributed by atoms with Gasteiger partial charge in [0.1, 0.15) is 19.3 Å². The number of nitrogens with zero attached hydrogens (tertiary/aromatic N) is 1. The Morgan fingerprint density at radius 3 is 2.08 bits per heavy atom. The fourth-order valence-electron chi connectivity index (χ4n) is 6.42. The molecule has 3 N–H and O–H groups in total. The minimum Gasteiger partial charge on any atom is -0.462 e. The number of nitrogens with one attached hydrogen (secondary N) is 2. The van der Waals surface area contributed by atoms with Gasteiger partial charge in [-0.3, -0.25) is 9.59 Å². The van der Waals surface area contributed by atoms with E-state index in [1.165, 1.54) is 4.90 Å². The van der Waals surface area contributed by atoms with Gasteiger partial charge in [0.25, 0.3) is 0 Å². The van der Waals surface area contributed by atoms with E-state index in [0.717, 1.165) is 27.8 Å². The van der Waals surface area contributed by atoms with E-state index in [2.05, 4.69) is 35.9 Å². The van der Waals surface area contributed by atoms with Crippen molar-refractivity contribution in [2.45, 2.75) is 71.0 Å². The van der Waals surface area contributed by atoms with Crippen molar-refractivity contribution in [2.75, 3.05) is 26.4 Å². The molecule has 0 spiro atoms. The van der Waals surface area contributed by atoms with Crippen molar-refractivity contribution in [1.82, 2.24) is 15.5 Å². The Morgan fingerprint density at radius 2 is 1.49 bits per heavy atom. The van der Waals surface area contributed by atoms with E-state index in [1.54, 1.807) is 12.2 Å². The summed E-state index contributed by atoms with van der Waals surface area (Å²) in [5, 5.41) is 15.3. The van der Waals surface area contributed by atoms with E-state index in [4.69, 9.17) is 9.47 Å². The molecule has 0 bridgehead atoms. The minimum absolute atomic E-state index is 0.0883. The van der Waals surface area contributed by atoms with Crippen molar-refractivity contribution in [1.29, 1.82) is 0 Å². The number of fused-ring (bicyclic) bond motifs is 3. The number of esters is 1. The van der Waals surface area contributed by atoms with Gasteiger partial charge in [-0.25, -0.2) is 9.59 Å². The van der Waals surface area contributed by atoms with Gasteiger partial charge in [0.2, 0.25) is 11.8 Å². The van der Waals surface area contributed by atoms with Gasteiger partial charge in [-0.05, 0) is 52.5 Å². The second-order valence-corrected chi connectivity index (χ2v) is 14.4. The van der Waals surface area contributed by atoms with Crippen LogP contribution in [0.3, 0.4) is 0 Å². The maximum absolute atomic E-state index is 13.7. The highest BCUT2D eigenvalue weighted by molar-refractivity contribution is 5.86. The second kappa shape index (κ2) is 19.6. The minimum atomic E-state index is -1.01. The fraction of sp³-hybridized carbons (Fsp3) is 0.395. The molecule has 0 fully saturated rings. The summed E-state index contributed by atoms with van der Waals surface area (Å²) in [4.78, 5) is 55.1. The quantitative estimate of drug-likeness (QED) is 0.0945. The first kappa shape index (κ1) is 40.5. The number of aliphatic hydroxyl groups is 1. The molecule has 0 saturated heterocycles. The van der Waals surface area contributed by atoms with Crippen LogP contribution in [0.4, 0.5) is 4.79 Å². The van der Waals surface area contributed by atoms with Crippen LogP contribution >= 0.6 is 0 Å². The summed E-state index contributed by atoms with van der Waals surface area (Å²) in [6, 6.07) is 23.9. The third-order valence-corrected chi connectivity index (χ3v) is 9.52. The summed E-state index contributed by atoms with van der Waals surface area (Å²) in [5.74, 6) is -2.18. The molecular formula is C43H53N3O7. The third kappa shape index (κ3) is 11.4. The van der Waals surface area contributed by atoms with Gasteiger partial charge in [0.05, 0.1) is 18.6 Å². The molecule has 10 nitrogen and oxygen atoms in total. The molecule has 1 aliphatic carbocycles. The maximum atomic E-state index is 13.7. The molecule has 3 aromatic carbocycles. The zero-order valence-electron chi connectivity index (χ0n) is 31.1. The van der Waals surface area contributed by atoms with Crippen LogP contribution in [0.5, 0.6) is 0 Å². The number of amides is 3. The predicted octanol–water partition coefficient (Wildman–Crippen LogP) is 6.54. The van der Waals surface area contributed by atoms with E-state index in [0.29, 0.717) is 13.0 Å². The molecule has 0 aliphatic heterocycles. The van der Waals surface area contributed by atoms with Gasteiger partial charge in [0.15, 0.2) is 0 Å². The molecule has 3 aromatic rings. The lowest BCUT2D eigenvalue weighted by atomic mass is 9.86. The van der Waals surface area contributed by atoms with E-state index >= 15 is 0 Å². The summed E-state index contributed by atoms with van der Waals surface area (Å²) in [6.45, 7) is 13.4. The summed E-state index contributed by atoms with van der Waals surface area (Å²) in [6.07, 6.45) is 3.36. The molecule has 3 unspecified atom stereocenters. The third-order valence-electron chi connectivity index (χ3n) is 9.52. The highest BCUT2D eigenvalue weighted by atomic mass is 16.6. The highest BCUT2D eigenvalue weighted by Gasteiger charge is 2.34. The number of rotatable bonds is 19. The molecule has 53 heavy (non-hydrogen) atoms. The molecule has 0 heterocycles. The summed E-state index contributed by atoms with van der Waals surface area (Å²) in [7, 11) is 0. The molecule has 10 heteroatoms. The van der Waals surface area contributed by atoms with Gasteiger partial charge < -0.3 is 30.1 Å². The van der Waals surface area contributed by atoms with Crippen LogP contribution in [0.1, 0.15) is 69.1 Å². The Labute approximate surface area is 313 Å². The zero-order chi connectivity index (χ0) is 38.4. The van der Waals surface area contributed by atoms with Crippen LogP contribution in [0.15, 0.2) is 104 Å². The fourth-order valence-corrected chi connectivity index (χ4v) is 6.42. The second-order valence-electron chi connectivity index (χ2n) is 14.4. The Bertz CT molecular complexity index is 1670. The smallest absolute Gasteiger partial charge is 0.407 e. The normalized spacial score (nSPS) is 13.7. The van der Waals surface area contributed by atoms with Crippen LogP contribution in [-0.4, -0.2) is 72.3 Å². The number of allylic oxidation sites excluding steroid dienone is 2. The van der Waals surface area contributed by atoms with Crippen molar-refractivity contribution in [2.24, 2.45) is 11.3 Å². The van der Waals surface area contributed by atoms with Gasteiger partial charge in [-0.1, -0.05) is 112 Å². The number of benzene rings is 3. The van der Waals surface area contributed by atoms with Crippen LogP contribution < -0.4 is 10.6 Å². The van der Waals surface area contributed by atoms with Crippen molar-refractivity contribution >= 4 is 23.9 Å². The van der Waals surface area contributed by atoms with Crippen molar-refractivity contribution < 1.29 is 33.8 Å². The predicted molar refractivity (Wildman–Crippen MR) is 206 cm³/mol. The van der Waals surface area contributed by atoms with E-state index < -0.39 is 35.5 Å². The monoisotopic (exact) mass is 723 g/mol. The Kier molecular flexibility index (Phi) is 15.0. The highest BCUT2D eigenvalue weighted by Crippen LogP contribution is 2.44. The molecule has 282 valence electrons. The summed E-state index contributed by atoms with van der Waals surface area (Å²) < 4.78 is 11.4. The van der Waals surface area contributed by atoms with E-state index in [1.807, 2.05) is 87.5 Å². The number of hydrogen-bond acceptors (Lipinski definition) is 7. The molecular weight excluding hydrogens is 670 g/mol. The lowest BCUT2D eigenvalue weighted by molar-refractivity contribution is -0.148. The average Bonchev–Trinajstić information content (AvgIpc) is 3.46. The first-order valence-electron chi connectivity index (χ1n) is 18.2. The van der Waals surface area contributed by atoms with E-state index in [9.17, 15) is 24.3 Å². The number of carbonyl (C=O) groups excluding carboxylic acids is 4. The SMILES string of the molecule is C=CCCC(NC(=O)OCC1c2ccccc2-c2ccccc21)C(=O)OCC(NC(=O)C(CC=C)CC(=O)N(CCO)Cc1ccccc1)C(C)(C)C. The number of ether oxygens (including phenoxy) is 2. The van der Waals surface area contributed by atoms with Gasteiger partial charge in [0, 0.05) is 25.4 Å². The average molecular weight is 724 g/mol. The van der Waals surface area contributed by atoms with Crippen molar-refractivity contribution in [3.63, 3.8) is 0 Å². The molecule has 4 rings (SSSR count). The zero-order valence-corrected chi connectivity index (χ0v) is 31.1. The van der Waals surface area contributed by atoms with Crippen LogP contribution in [0.2, 0.25) is 0 Å². The maximum Gasteiger partial charge on any atom is 0.407 e. The topological polar surface area (TPSA) is 134 Å². The van der Waals surface area contributed by atoms with Crippen molar-refractivity contribution in [3.05, 3.63) is 121 Å². The molecule has 3 amide bonds. The molecule has 0 aromatic heterocycles. The Hall–Kier alpha value is -5.22. The Balaban J connectivity index is 1.37. The molecule has 3 atom stereocenters. The number of aliphatic hydroxyl groups excluding tert-OH is 1. The van der Waals surface area contributed by atoms with Gasteiger partial charge in [-0.15, -0.1) is 13.2 Å². The van der Waals surface area contributed by atoms with Gasteiger partial charge >= 0.3 is 12.1 Å². The standard InChI is InChI=1S/C43H53N3O7/c1-6-8-23-37(44-42(51)53-28-36-34-21-14-12-19-32(34)33-20-13-15-22-35(33)36)41(50)52-29-38(43(3,4)5)45-40(49)31(16-7-2)26-39(48)46(24-25-47)27-30-17-10-9-11-18-30/h6-7,9-15,17-22,31,36-38,47H,1-2,8,16,23-29H2,3-5H3,(H,44,51)(H,45,49). The lowest BCUT2D eigenvalue weighted by Gasteiger charge is -2.33. The number of hydrogen-bond donors (Lipinski definition) is 3. The van der Waals surface area contributed by atoms with Gasteiger partial charge in [-0.2, -0.15) is 0 Å². The first-order chi connectivity index (χ1) is 25.5. The lowest BCUT2D eigenvalue weighted by Crippen LogP contribution is -2.51. The molecule has 1 aliphatic rings. The largest absolute Gasteiger partial charge is 0.462 e. The van der Waals surface area contributed by atoms with Crippen LogP contribution in [-0.2, 0) is 30.4 Å². The number of carbonyl (C=O) groups is 4. The van der Waals surface area contributed by atoms with Crippen molar-refractivity contribution in [3.8, 4) is 11.1 Å². The van der Waals surface area contributed by atoms with E-state index in [-0.39, 0.29) is 63.4 Å². The summed E-state index contributed by atoms with van der Waals surface area (Å²) in [5.41, 5.74) is 4.75. The summed E-state index contributed by atoms with van der Waals surface area (Å²) >= 11 is 0. The number of alkyl carbamates (subject to hydrolysis) is 1. The molecule has 0 saturated carbocycles. The molecule has 0 radical (unpaired) electrons.